The molecule has 0 saturated heterocycles. The number of rotatable bonds is 4. The number of halogens is 2. The summed E-state index contributed by atoms with van der Waals surface area (Å²) in [5.74, 6) is -2.25. The van der Waals surface area contributed by atoms with Crippen molar-refractivity contribution in [3.63, 3.8) is 0 Å². The van der Waals surface area contributed by atoms with Gasteiger partial charge in [-0.1, -0.05) is 0 Å². The maximum Gasteiger partial charge on any atom is 0.383 e. The lowest BCUT2D eigenvalue weighted by Gasteiger charge is -2.05. The molecule has 19 heavy (non-hydrogen) atoms. The van der Waals surface area contributed by atoms with Crippen molar-refractivity contribution in [2.45, 2.75) is 13.3 Å². The molecule has 1 rings (SSSR count). The minimum absolute atomic E-state index is 0.0210. The highest BCUT2D eigenvalue weighted by molar-refractivity contribution is 5.88. The number of carbonyl (C=O) groups excluding carboxylic acids is 1. The molecule has 0 aliphatic rings. The third-order valence-corrected chi connectivity index (χ3v) is 2.03. The highest BCUT2D eigenvalue weighted by atomic mass is 19.3. The van der Waals surface area contributed by atoms with E-state index in [1.54, 1.807) is 0 Å². The quantitative estimate of drug-likeness (QED) is 0.470. The summed E-state index contributed by atoms with van der Waals surface area (Å²) < 4.78 is 30.0. The van der Waals surface area contributed by atoms with Crippen molar-refractivity contribution in [2.75, 3.05) is 6.61 Å². The predicted molar refractivity (Wildman–Crippen MR) is 56.5 cm³/mol. The van der Waals surface area contributed by atoms with Crippen LogP contribution in [0.4, 0.5) is 14.6 Å². The molecule has 1 heterocycles. The van der Waals surface area contributed by atoms with Crippen LogP contribution in [0, 0.1) is 21.4 Å². The van der Waals surface area contributed by atoms with E-state index in [1.165, 1.54) is 13.0 Å². The summed E-state index contributed by atoms with van der Waals surface area (Å²) in [6.07, 6.45) is -3.25. The maximum absolute atomic E-state index is 12.7. The molecule has 1 aromatic heterocycles. The monoisotopic (exact) mass is 271 g/mol. The summed E-state index contributed by atoms with van der Waals surface area (Å²) in [6.45, 7) is 1.47. The first-order valence-electron chi connectivity index (χ1n) is 4.97. The summed E-state index contributed by atoms with van der Waals surface area (Å²) in [7, 11) is 0. The Bertz CT molecular complexity index is 569. The number of esters is 1. The summed E-state index contributed by atoms with van der Waals surface area (Å²) in [6, 6.07) is 2.12. The molecule has 0 aliphatic heterocycles. The van der Waals surface area contributed by atoms with Gasteiger partial charge in [0.05, 0.1) is 12.2 Å². The number of carbonyl (C=O) groups is 1. The van der Waals surface area contributed by atoms with Crippen molar-refractivity contribution in [2.24, 2.45) is 0 Å². The van der Waals surface area contributed by atoms with Crippen LogP contribution >= 0.6 is 0 Å². The van der Waals surface area contributed by atoms with Gasteiger partial charge < -0.3 is 14.9 Å². The van der Waals surface area contributed by atoms with Crippen molar-refractivity contribution >= 4 is 11.8 Å². The minimum Gasteiger partial charge on any atom is -0.460 e. The summed E-state index contributed by atoms with van der Waals surface area (Å²) >= 11 is 0. The molecule has 9 heteroatoms. The smallest absolute Gasteiger partial charge is 0.383 e. The topological polar surface area (TPSA) is 106 Å². The molecular formula is C10H7F2N3O4. The SMILES string of the molecule is CCOC(=O)c1cc(C#N)c(C(F)F)c([N+](=O)[O-])n1. The van der Waals surface area contributed by atoms with Gasteiger partial charge in [0.2, 0.25) is 0 Å². The number of pyridine rings is 1. The number of alkyl halides is 2. The Kier molecular flexibility index (Phi) is 4.41. The van der Waals surface area contributed by atoms with Crippen LogP contribution in [0.3, 0.4) is 0 Å². The van der Waals surface area contributed by atoms with Crippen molar-refractivity contribution in [3.8, 4) is 6.07 Å². The van der Waals surface area contributed by atoms with Crippen LogP contribution in [0.2, 0.25) is 0 Å². The van der Waals surface area contributed by atoms with Crippen LogP contribution in [0.25, 0.3) is 0 Å². The Hall–Kier alpha value is -2.63. The van der Waals surface area contributed by atoms with Gasteiger partial charge in [0.15, 0.2) is 0 Å². The standard InChI is InChI=1S/C10H7F2N3O4/c1-2-19-10(16)6-3-5(4-13)7(8(11)12)9(14-6)15(17)18/h3,8H,2H2,1H3. The van der Waals surface area contributed by atoms with Crippen molar-refractivity contribution in [1.29, 1.82) is 5.26 Å². The normalized spacial score (nSPS) is 10.1. The van der Waals surface area contributed by atoms with Gasteiger partial charge in [0, 0.05) is 6.07 Å². The van der Waals surface area contributed by atoms with E-state index in [9.17, 15) is 23.7 Å². The van der Waals surface area contributed by atoms with Gasteiger partial charge in [-0.15, -0.1) is 0 Å². The zero-order valence-corrected chi connectivity index (χ0v) is 9.59. The van der Waals surface area contributed by atoms with Crippen LogP contribution in [0.1, 0.15) is 35.0 Å². The molecule has 0 aromatic carbocycles. The third kappa shape index (κ3) is 2.98. The van der Waals surface area contributed by atoms with E-state index in [-0.39, 0.29) is 6.61 Å². The van der Waals surface area contributed by atoms with Gasteiger partial charge in [-0.2, -0.15) is 5.26 Å². The fourth-order valence-corrected chi connectivity index (χ4v) is 1.30. The van der Waals surface area contributed by atoms with E-state index in [0.717, 1.165) is 6.07 Å². The Labute approximate surface area is 105 Å². The van der Waals surface area contributed by atoms with E-state index in [4.69, 9.17) is 5.26 Å². The number of nitro groups is 1. The second-order valence-corrected chi connectivity index (χ2v) is 3.18. The molecule has 1 aromatic rings. The largest absolute Gasteiger partial charge is 0.460 e. The molecule has 100 valence electrons. The molecule has 0 spiro atoms. The van der Waals surface area contributed by atoms with Crippen LogP contribution in [0.5, 0.6) is 0 Å². The molecule has 0 N–H and O–H groups in total. The van der Waals surface area contributed by atoms with Gasteiger partial charge >= 0.3 is 11.8 Å². The average molecular weight is 271 g/mol. The second-order valence-electron chi connectivity index (χ2n) is 3.18. The molecule has 0 radical (unpaired) electrons. The Balaban J connectivity index is 3.50. The van der Waals surface area contributed by atoms with E-state index in [2.05, 4.69) is 9.72 Å². The number of hydrogen-bond donors (Lipinski definition) is 0. The van der Waals surface area contributed by atoms with Crippen molar-refractivity contribution in [3.05, 3.63) is 33.0 Å². The minimum atomic E-state index is -3.25. The third-order valence-electron chi connectivity index (χ3n) is 2.03. The average Bonchev–Trinajstić information content (AvgIpc) is 2.36. The van der Waals surface area contributed by atoms with Crippen LogP contribution < -0.4 is 0 Å². The Morgan fingerprint density at radius 3 is 2.74 bits per heavy atom. The molecule has 0 fully saturated rings. The second kappa shape index (κ2) is 5.81. The molecular weight excluding hydrogens is 264 g/mol. The zero-order valence-electron chi connectivity index (χ0n) is 9.59. The lowest BCUT2D eigenvalue weighted by Crippen LogP contribution is -2.11. The molecule has 0 amide bonds. The predicted octanol–water partition coefficient (Wildman–Crippen LogP) is 1.98. The molecule has 7 nitrogen and oxygen atoms in total. The molecule has 0 aliphatic carbocycles. The van der Waals surface area contributed by atoms with Gasteiger partial charge in [0.25, 0.3) is 12.1 Å². The number of ether oxygens (including phenoxy) is 1. The summed E-state index contributed by atoms with van der Waals surface area (Å²) in [5, 5.41) is 19.4. The van der Waals surface area contributed by atoms with E-state index < -0.39 is 40.0 Å². The summed E-state index contributed by atoms with van der Waals surface area (Å²) in [4.78, 5) is 24.1. The molecule has 0 unspecified atom stereocenters. The van der Waals surface area contributed by atoms with E-state index in [1.807, 2.05) is 0 Å². The first-order valence-corrected chi connectivity index (χ1v) is 4.97. The maximum atomic E-state index is 12.7. The van der Waals surface area contributed by atoms with Gasteiger partial charge in [-0.3, -0.25) is 0 Å². The molecule has 0 bridgehead atoms. The van der Waals surface area contributed by atoms with Crippen LogP contribution in [-0.4, -0.2) is 22.5 Å². The highest BCUT2D eigenvalue weighted by Crippen LogP contribution is 2.31. The van der Waals surface area contributed by atoms with Crippen LogP contribution in [0.15, 0.2) is 6.07 Å². The number of hydrogen-bond acceptors (Lipinski definition) is 6. The van der Waals surface area contributed by atoms with E-state index >= 15 is 0 Å². The zero-order chi connectivity index (χ0) is 14.6. The van der Waals surface area contributed by atoms with Gasteiger partial charge in [-0.05, 0) is 16.8 Å². The number of nitrogens with zero attached hydrogens (tertiary/aromatic N) is 3. The van der Waals surface area contributed by atoms with Crippen molar-refractivity contribution < 1.29 is 23.2 Å². The number of nitriles is 1. The Morgan fingerprint density at radius 2 is 2.32 bits per heavy atom. The van der Waals surface area contributed by atoms with E-state index in [0.29, 0.717) is 0 Å². The fourth-order valence-electron chi connectivity index (χ4n) is 1.30. The first kappa shape index (κ1) is 14.4. The lowest BCUT2D eigenvalue weighted by atomic mass is 10.1. The first-order chi connectivity index (χ1) is 8.92. The Morgan fingerprint density at radius 1 is 1.68 bits per heavy atom. The lowest BCUT2D eigenvalue weighted by molar-refractivity contribution is -0.391. The fraction of sp³-hybridized carbons (Fsp3) is 0.300. The highest BCUT2D eigenvalue weighted by Gasteiger charge is 2.31. The molecule has 0 saturated carbocycles. The van der Waals surface area contributed by atoms with Crippen LogP contribution in [-0.2, 0) is 4.74 Å². The molecule has 0 atom stereocenters. The van der Waals surface area contributed by atoms with Gasteiger partial charge in [0.1, 0.15) is 11.6 Å². The van der Waals surface area contributed by atoms with Gasteiger partial charge in [-0.25, -0.2) is 13.6 Å². The van der Waals surface area contributed by atoms with Crippen molar-refractivity contribution in [1.82, 2.24) is 4.98 Å². The number of aromatic nitrogens is 1. The summed E-state index contributed by atoms with van der Waals surface area (Å²) in [5.41, 5.74) is -2.35.